The van der Waals surface area contributed by atoms with Crippen LogP contribution in [0.1, 0.15) is 85.9 Å². The van der Waals surface area contributed by atoms with Crippen molar-refractivity contribution in [2.75, 3.05) is 0 Å². The highest BCUT2D eigenvalue weighted by molar-refractivity contribution is 5.64. The Bertz CT molecular complexity index is 753. The van der Waals surface area contributed by atoms with Gasteiger partial charge in [0.1, 0.15) is 0 Å². The molecule has 0 unspecified atom stereocenters. The molecule has 0 aliphatic heterocycles. The van der Waals surface area contributed by atoms with E-state index >= 15 is 0 Å². The van der Waals surface area contributed by atoms with Crippen molar-refractivity contribution in [1.82, 2.24) is 0 Å². The minimum Gasteiger partial charge on any atom is -0.0683 e. The third-order valence-corrected chi connectivity index (χ3v) is 4.78. The lowest BCUT2D eigenvalue weighted by Gasteiger charge is -2.20. The van der Waals surface area contributed by atoms with Crippen LogP contribution in [0.2, 0.25) is 0 Å². The predicted molar refractivity (Wildman–Crippen MR) is 143 cm³/mol. The summed E-state index contributed by atoms with van der Waals surface area (Å²) in [6.45, 7) is 23.6. The minimum atomic E-state index is 0.217. The van der Waals surface area contributed by atoms with E-state index in [1.54, 1.807) is 0 Å². The van der Waals surface area contributed by atoms with Gasteiger partial charge in [0.2, 0.25) is 0 Å². The second kappa shape index (κ2) is 13.9. The average molecular weight is 419 g/mol. The Balaban J connectivity index is 0.000000681. The molecular formula is C31H46. The zero-order chi connectivity index (χ0) is 24.1. The number of hydrogen-bond acceptors (Lipinski definition) is 0. The standard InChI is InChI=1S/C20H26.C7H8.2C2H6/c1-19(2,3)17-11-7-15(8-12-17)16-9-13-18(14-10-16)20(4,5)6;1-7-5-3-2-4-6-7;2*1-2/h7-14H,1-6H3;2-6H,1H3;2*1-2H3. The van der Waals surface area contributed by atoms with E-state index in [0.29, 0.717) is 0 Å². The van der Waals surface area contributed by atoms with Gasteiger partial charge in [-0.3, -0.25) is 0 Å². The van der Waals surface area contributed by atoms with E-state index in [-0.39, 0.29) is 10.8 Å². The summed E-state index contributed by atoms with van der Waals surface area (Å²) < 4.78 is 0. The third kappa shape index (κ3) is 10.5. The first kappa shape index (κ1) is 28.7. The van der Waals surface area contributed by atoms with Gasteiger partial charge >= 0.3 is 0 Å². The highest BCUT2D eigenvalue weighted by atomic mass is 14.2. The smallest absolute Gasteiger partial charge is 0.0132 e. The van der Waals surface area contributed by atoms with Crippen LogP contribution in [0.5, 0.6) is 0 Å². The number of hydrogen-bond donors (Lipinski definition) is 0. The third-order valence-electron chi connectivity index (χ3n) is 4.78. The highest BCUT2D eigenvalue weighted by Crippen LogP contribution is 2.28. The molecule has 31 heavy (non-hydrogen) atoms. The fourth-order valence-corrected chi connectivity index (χ4v) is 2.86. The van der Waals surface area contributed by atoms with Crippen molar-refractivity contribution in [3.63, 3.8) is 0 Å². The molecule has 0 aliphatic rings. The van der Waals surface area contributed by atoms with Crippen LogP contribution in [0.4, 0.5) is 0 Å². The molecule has 0 nitrogen and oxygen atoms in total. The maximum atomic E-state index is 2.25. The molecule has 3 rings (SSSR count). The molecule has 0 bridgehead atoms. The predicted octanol–water partition coefficient (Wildman–Crippen LogP) is 10.00. The van der Waals surface area contributed by atoms with E-state index in [1.807, 2.05) is 45.9 Å². The summed E-state index contributed by atoms with van der Waals surface area (Å²) in [4.78, 5) is 0. The molecule has 0 heterocycles. The van der Waals surface area contributed by atoms with Gasteiger partial charge < -0.3 is 0 Å². The minimum absolute atomic E-state index is 0.217. The summed E-state index contributed by atoms with van der Waals surface area (Å²) in [6.07, 6.45) is 0. The second-order valence-corrected chi connectivity index (χ2v) is 9.31. The van der Waals surface area contributed by atoms with E-state index in [4.69, 9.17) is 0 Å². The molecule has 0 N–H and O–H groups in total. The fraction of sp³-hybridized carbons (Fsp3) is 0.419. The molecule has 0 amide bonds. The highest BCUT2D eigenvalue weighted by Gasteiger charge is 2.14. The Morgan fingerprint density at radius 1 is 0.419 bits per heavy atom. The van der Waals surface area contributed by atoms with E-state index in [9.17, 15) is 0 Å². The summed E-state index contributed by atoms with van der Waals surface area (Å²) >= 11 is 0. The summed E-state index contributed by atoms with van der Waals surface area (Å²) in [5, 5.41) is 0. The topological polar surface area (TPSA) is 0 Å². The van der Waals surface area contributed by atoms with Gasteiger partial charge in [-0.2, -0.15) is 0 Å². The van der Waals surface area contributed by atoms with Crippen molar-refractivity contribution in [2.24, 2.45) is 0 Å². The molecule has 0 spiro atoms. The van der Waals surface area contributed by atoms with Gasteiger partial charge in [0.25, 0.3) is 0 Å². The van der Waals surface area contributed by atoms with Gasteiger partial charge in [0, 0.05) is 0 Å². The van der Waals surface area contributed by atoms with E-state index in [2.05, 4.69) is 109 Å². The van der Waals surface area contributed by atoms with Crippen LogP contribution in [0.3, 0.4) is 0 Å². The number of benzene rings is 3. The Kier molecular flexibility index (Phi) is 12.8. The Labute approximate surface area is 193 Å². The molecule has 3 aromatic carbocycles. The molecule has 170 valence electrons. The average Bonchev–Trinajstić information content (AvgIpc) is 2.77. The quantitative estimate of drug-likeness (QED) is 0.369. The first-order valence-corrected chi connectivity index (χ1v) is 11.8. The monoisotopic (exact) mass is 418 g/mol. The molecule has 0 radical (unpaired) electrons. The van der Waals surface area contributed by atoms with Crippen molar-refractivity contribution >= 4 is 0 Å². The Morgan fingerprint density at radius 3 is 0.903 bits per heavy atom. The molecule has 0 fully saturated rings. The van der Waals surface area contributed by atoms with Crippen molar-refractivity contribution in [1.29, 1.82) is 0 Å². The molecule has 0 aromatic heterocycles. The van der Waals surface area contributed by atoms with E-state index in [1.165, 1.54) is 27.8 Å². The largest absolute Gasteiger partial charge is 0.0683 e. The van der Waals surface area contributed by atoms with Gasteiger partial charge in [0.15, 0.2) is 0 Å². The maximum Gasteiger partial charge on any atom is -0.0132 e. The summed E-state index contributed by atoms with van der Waals surface area (Å²) in [7, 11) is 0. The SMILES string of the molecule is CC.CC.CC(C)(C)c1ccc(-c2ccc(C(C)(C)C)cc2)cc1.Cc1ccccc1. The summed E-state index contributed by atoms with van der Waals surface area (Å²) in [6, 6.07) is 28.1. The molecule has 0 aliphatic carbocycles. The van der Waals surface area contributed by atoms with Crippen molar-refractivity contribution in [3.05, 3.63) is 95.6 Å². The second-order valence-electron chi connectivity index (χ2n) is 9.31. The van der Waals surface area contributed by atoms with Gasteiger partial charge in [0.05, 0.1) is 0 Å². The van der Waals surface area contributed by atoms with Crippen LogP contribution < -0.4 is 0 Å². The van der Waals surface area contributed by atoms with Crippen LogP contribution in [0, 0.1) is 6.92 Å². The fourth-order valence-electron chi connectivity index (χ4n) is 2.86. The lowest BCUT2D eigenvalue weighted by molar-refractivity contribution is 0.590. The molecule has 0 heteroatoms. The van der Waals surface area contributed by atoms with Crippen molar-refractivity contribution in [3.8, 4) is 11.1 Å². The van der Waals surface area contributed by atoms with Crippen molar-refractivity contribution < 1.29 is 0 Å². The van der Waals surface area contributed by atoms with Crippen LogP contribution in [-0.2, 0) is 10.8 Å². The molecule has 3 aromatic rings. The van der Waals surface area contributed by atoms with Gasteiger partial charge in [-0.05, 0) is 40.0 Å². The number of aryl methyl sites for hydroxylation is 1. The molecular weight excluding hydrogens is 372 g/mol. The summed E-state index contributed by atoms with van der Waals surface area (Å²) in [5.74, 6) is 0. The lowest BCUT2D eigenvalue weighted by atomic mass is 9.85. The van der Waals surface area contributed by atoms with Crippen LogP contribution in [0.25, 0.3) is 11.1 Å². The first-order valence-electron chi connectivity index (χ1n) is 11.8. The van der Waals surface area contributed by atoms with Crippen LogP contribution >= 0.6 is 0 Å². The van der Waals surface area contributed by atoms with Crippen LogP contribution in [-0.4, -0.2) is 0 Å². The Morgan fingerprint density at radius 2 is 0.710 bits per heavy atom. The van der Waals surface area contributed by atoms with Crippen molar-refractivity contribution in [2.45, 2.75) is 87.0 Å². The first-order chi connectivity index (χ1) is 14.6. The summed E-state index contributed by atoms with van der Waals surface area (Å²) in [5.41, 5.74) is 7.10. The maximum absolute atomic E-state index is 2.25. The zero-order valence-electron chi connectivity index (χ0n) is 22.0. The number of rotatable bonds is 1. The molecule has 0 atom stereocenters. The normalized spacial score (nSPS) is 10.4. The van der Waals surface area contributed by atoms with Gasteiger partial charge in [-0.1, -0.05) is 154 Å². The van der Waals surface area contributed by atoms with E-state index in [0.717, 1.165) is 0 Å². The molecule has 0 saturated carbocycles. The van der Waals surface area contributed by atoms with Gasteiger partial charge in [-0.15, -0.1) is 0 Å². The van der Waals surface area contributed by atoms with Crippen LogP contribution in [0.15, 0.2) is 78.9 Å². The lowest BCUT2D eigenvalue weighted by Crippen LogP contribution is -2.10. The Hall–Kier alpha value is -2.34. The van der Waals surface area contributed by atoms with E-state index < -0.39 is 0 Å². The van der Waals surface area contributed by atoms with Gasteiger partial charge in [-0.25, -0.2) is 0 Å². The molecule has 0 saturated heterocycles. The zero-order valence-corrected chi connectivity index (χ0v) is 22.0.